The van der Waals surface area contributed by atoms with Gasteiger partial charge in [-0.05, 0) is 42.1 Å². The topological polar surface area (TPSA) is 23.6 Å². The van der Waals surface area contributed by atoms with Crippen LogP contribution in [0.15, 0.2) is 35.7 Å². The number of thiophene rings is 1. The van der Waals surface area contributed by atoms with Crippen LogP contribution in [0.25, 0.3) is 0 Å². The molecule has 1 fully saturated rings. The average molecular weight is 321 g/mol. The number of amides is 1. The van der Waals surface area contributed by atoms with E-state index in [0.29, 0.717) is 0 Å². The van der Waals surface area contributed by atoms with Gasteiger partial charge in [0.1, 0.15) is 0 Å². The molecule has 110 valence electrons. The number of rotatable bonds is 2. The number of carbonyl (C=O) groups excluding carboxylic acids is 1. The quantitative estimate of drug-likeness (QED) is 0.843. The van der Waals surface area contributed by atoms with Crippen LogP contribution >= 0.6 is 22.9 Å². The van der Waals surface area contributed by atoms with Gasteiger partial charge in [-0.25, -0.2) is 0 Å². The summed E-state index contributed by atoms with van der Waals surface area (Å²) in [5.41, 5.74) is 2.39. The van der Waals surface area contributed by atoms with Gasteiger partial charge in [0.25, 0.3) is 5.91 Å². The average Bonchev–Trinajstić information content (AvgIpc) is 3.01. The van der Waals surface area contributed by atoms with E-state index in [2.05, 4.69) is 17.9 Å². The Balaban J connectivity index is 1.66. The minimum absolute atomic E-state index is 0.150. The largest absolute Gasteiger partial charge is 0.368 e. The molecule has 0 bridgehead atoms. The molecule has 1 aromatic carbocycles. The number of carbonyl (C=O) groups is 1. The molecule has 1 amide bonds. The number of benzene rings is 1. The van der Waals surface area contributed by atoms with Gasteiger partial charge in [0.2, 0.25) is 0 Å². The highest BCUT2D eigenvalue weighted by molar-refractivity contribution is 7.12. The summed E-state index contributed by atoms with van der Waals surface area (Å²) in [5, 5.41) is 2.71. The fraction of sp³-hybridized carbons (Fsp3) is 0.312. The van der Waals surface area contributed by atoms with Crippen LogP contribution in [0.1, 0.15) is 15.2 Å². The maximum atomic E-state index is 12.3. The van der Waals surface area contributed by atoms with E-state index in [1.165, 1.54) is 22.6 Å². The molecule has 0 atom stereocenters. The first-order valence-corrected chi connectivity index (χ1v) is 8.25. The second-order valence-corrected chi connectivity index (χ2v) is 6.57. The second kappa shape index (κ2) is 6.08. The predicted molar refractivity (Wildman–Crippen MR) is 88.6 cm³/mol. The Morgan fingerprint density at radius 3 is 2.57 bits per heavy atom. The number of nitrogens with zero attached hydrogens (tertiary/aromatic N) is 2. The Hall–Kier alpha value is -1.52. The van der Waals surface area contributed by atoms with Crippen LogP contribution in [0.4, 0.5) is 5.69 Å². The van der Waals surface area contributed by atoms with Gasteiger partial charge >= 0.3 is 0 Å². The third kappa shape index (κ3) is 3.06. The molecule has 0 aliphatic carbocycles. The van der Waals surface area contributed by atoms with E-state index in [9.17, 15) is 4.79 Å². The number of aryl methyl sites for hydroxylation is 1. The number of hydrogen-bond acceptors (Lipinski definition) is 3. The van der Waals surface area contributed by atoms with Gasteiger partial charge in [-0.15, -0.1) is 11.3 Å². The van der Waals surface area contributed by atoms with Crippen molar-refractivity contribution in [1.29, 1.82) is 0 Å². The Morgan fingerprint density at radius 2 is 1.95 bits per heavy atom. The maximum absolute atomic E-state index is 12.3. The summed E-state index contributed by atoms with van der Waals surface area (Å²) in [6.45, 7) is 5.32. The van der Waals surface area contributed by atoms with Crippen molar-refractivity contribution in [2.45, 2.75) is 6.92 Å². The molecule has 5 heteroatoms. The lowest BCUT2D eigenvalue weighted by molar-refractivity contribution is 0.0751. The number of piperazine rings is 1. The van der Waals surface area contributed by atoms with Crippen molar-refractivity contribution in [1.82, 2.24) is 4.90 Å². The lowest BCUT2D eigenvalue weighted by Gasteiger charge is -2.36. The number of hydrogen-bond donors (Lipinski definition) is 0. The van der Waals surface area contributed by atoms with Crippen molar-refractivity contribution in [3.8, 4) is 0 Å². The molecule has 0 unspecified atom stereocenters. The molecule has 0 saturated carbocycles. The first-order chi connectivity index (χ1) is 10.1. The molecule has 2 aromatic rings. The lowest BCUT2D eigenvalue weighted by Crippen LogP contribution is -2.48. The van der Waals surface area contributed by atoms with Crippen LogP contribution < -0.4 is 4.90 Å². The van der Waals surface area contributed by atoms with Crippen molar-refractivity contribution >= 4 is 34.5 Å². The zero-order valence-electron chi connectivity index (χ0n) is 11.9. The number of anilines is 1. The molecule has 0 spiro atoms. The molecule has 1 saturated heterocycles. The van der Waals surface area contributed by atoms with E-state index < -0.39 is 0 Å². The van der Waals surface area contributed by atoms with Crippen LogP contribution in [0.3, 0.4) is 0 Å². The smallest absolute Gasteiger partial charge is 0.264 e. The van der Waals surface area contributed by atoms with Crippen LogP contribution in [-0.4, -0.2) is 37.0 Å². The lowest BCUT2D eigenvalue weighted by atomic mass is 10.1. The number of halogens is 1. The molecule has 2 heterocycles. The fourth-order valence-electron chi connectivity index (χ4n) is 2.68. The molecule has 1 aliphatic rings. The van der Waals surface area contributed by atoms with Gasteiger partial charge < -0.3 is 9.80 Å². The van der Waals surface area contributed by atoms with E-state index in [-0.39, 0.29) is 5.91 Å². The SMILES string of the molecule is Cc1cc(Cl)ccc1N1CCN(C(=O)c2cccs2)CC1. The third-order valence-electron chi connectivity index (χ3n) is 3.80. The van der Waals surface area contributed by atoms with Gasteiger partial charge in [-0.1, -0.05) is 17.7 Å². The summed E-state index contributed by atoms with van der Waals surface area (Å²) >= 11 is 7.51. The highest BCUT2D eigenvalue weighted by Gasteiger charge is 2.23. The summed E-state index contributed by atoms with van der Waals surface area (Å²) < 4.78 is 0. The van der Waals surface area contributed by atoms with Crippen LogP contribution in [0.2, 0.25) is 5.02 Å². The minimum atomic E-state index is 0.150. The summed E-state index contributed by atoms with van der Waals surface area (Å²) in [6.07, 6.45) is 0. The van der Waals surface area contributed by atoms with Gasteiger partial charge in [-0.2, -0.15) is 0 Å². The first-order valence-electron chi connectivity index (χ1n) is 6.99. The molecule has 1 aliphatic heterocycles. The molecular formula is C16H17ClN2OS. The van der Waals surface area contributed by atoms with Crippen molar-refractivity contribution in [2.75, 3.05) is 31.1 Å². The van der Waals surface area contributed by atoms with Gasteiger partial charge in [-0.3, -0.25) is 4.79 Å². The standard InChI is InChI=1S/C16H17ClN2OS/c1-12-11-13(17)4-5-14(12)18-6-8-19(9-7-18)16(20)15-3-2-10-21-15/h2-5,10-11H,6-9H2,1H3. The van der Waals surface area contributed by atoms with Crippen molar-refractivity contribution < 1.29 is 4.79 Å². The Labute approximate surface area is 133 Å². The van der Waals surface area contributed by atoms with Crippen LogP contribution in [-0.2, 0) is 0 Å². The molecule has 0 radical (unpaired) electrons. The molecule has 3 nitrogen and oxygen atoms in total. The van der Waals surface area contributed by atoms with Crippen molar-refractivity contribution in [3.05, 3.63) is 51.2 Å². The van der Waals surface area contributed by atoms with Crippen molar-refractivity contribution in [3.63, 3.8) is 0 Å². The molecule has 21 heavy (non-hydrogen) atoms. The molecule has 1 aromatic heterocycles. The normalized spacial score (nSPS) is 15.3. The van der Waals surface area contributed by atoms with Crippen LogP contribution in [0, 0.1) is 6.92 Å². The van der Waals surface area contributed by atoms with Gasteiger partial charge in [0.05, 0.1) is 4.88 Å². The van der Waals surface area contributed by atoms with Gasteiger partial charge in [0, 0.05) is 36.9 Å². The first kappa shape index (κ1) is 14.4. The summed E-state index contributed by atoms with van der Waals surface area (Å²) in [4.78, 5) is 17.4. The fourth-order valence-corrected chi connectivity index (χ4v) is 3.60. The molecule has 0 N–H and O–H groups in total. The molecule has 3 rings (SSSR count). The van der Waals surface area contributed by atoms with Crippen molar-refractivity contribution in [2.24, 2.45) is 0 Å². The summed E-state index contributed by atoms with van der Waals surface area (Å²) in [7, 11) is 0. The predicted octanol–water partition coefficient (Wildman–Crippen LogP) is 3.67. The van der Waals surface area contributed by atoms with E-state index in [1.807, 2.05) is 34.5 Å². The van der Waals surface area contributed by atoms with Gasteiger partial charge in [0.15, 0.2) is 0 Å². The Kier molecular flexibility index (Phi) is 4.17. The van der Waals surface area contributed by atoms with E-state index >= 15 is 0 Å². The highest BCUT2D eigenvalue weighted by atomic mass is 35.5. The van der Waals surface area contributed by atoms with E-state index in [4.69, 9.17) is 11.6 Å². The zero-order valence-corrected chi connectivity index (χ0v) is 13.5. The van der Waals surface area contributed by atoms with E-state index in [0.717, 1.165) is 36.1 Å². The monoisotopic (exact) mass is 320 g/mol. The van der Waals surface area contributed by atoms with Crippen LogP contribution in [0.5, 0.6) is 0 Å². The summed E-state index contributed by atoms with van der Waals surface area (Å²) in [6, 6.07) is 9.79. The third-order valence-corrected chi connectivity index (χ3v) is 4.89. The summed E-state index contributed by atoms with van der Waals surface area (Å²) in [5.74, 6) is 0.150. The maximum Gasteiger partial charge on any atom is 0.264 e. The minimum Gasteiger partial charge on any atom is -0.368 e. The molecular weight excluding hydrogens is 304 g/mol. The zero-order chi connectivity index (χ0) is 14.8. The Morgan fingerprint density at radius 1 is 1.19 bits per heavy atom. The Bertz CT molecular complexity index is 634. The van der Waals surface area contributed by atoms with E-state index in [1.54, 1.807) is 0 Å². The second-order valence-electron chi connectivity index (χ2n) is 5.19. The highest BCUT2D eigenvalue weighted by Crippen LogP contribution is 2.25.